The number of rotatable bonds is 3. The molecule has 3 nitrogen and oxygen atoms in total. The smallest absolute Gasteiger partial charge is 0.140 e. The highest BCUT2D eigenvalue weighted by Crippen LogP contribution is 2.30. The average molecular weight is 322 g/mol. The Balaban J connectivity index is 2.03. The Labute approximate surface area is 132 Å². The van der Waals surface area contributed by atoms with Crippen LogP contribution in [0.2, 0.25) is 5.02 Å². The van der Waals surface area contributed by atoms with Gasteiger partial charge in [0.25, 0.3) is 0 Å². The van der Waals surface area contributed by atoms with Crippen LogP contribution in [0.4, 0.5) is 15.9 Å². The molecule has 1 aliphatic rings. The predicted molar refractivity (Wildman–Crippen MR) is 86.8 cm³/mol. The van der Waals surface area contributed by atoms with Gasteiger partial charge in [0.15, 0.2) is 0 Å². The van der Waals surface area contributed by atoms with Crippen molar-refractivity contribution in [2.24, 2.45) is 5.73 Å². The molecule has 1 aromatic heterocycles. The van der Waals surface area contributed by atoms with Crippen molar-refractivity contribution in [1.82, 2.24) is 4.98 Å². The SMILES string of the molecule is NC(=S)c1cc2c(nc1Nc1ccc(F)cc1Cl)CCC2. The van der Waals surface area contributed by atoms with Crippen LogP contribution in [0.15, 0.2) is 24.3 Å². The lowest BCUT2D eigenvalue weighted by atomic mass is 10.1. The van der Waals surface area contributed by atoms with E-state index in [0.717, 1.165) is 25.0 Å². The molecule has 0 saturated heterocycles. The van der Waals surface area contributed by atoms with Crippen molar-refractivity contribution in [3.63, 3.8) is 0 Å². The summed E-state index contributed by atoms with van der Waals surface area (Å²) in [4.78, 5) is 4.88. The van der Waals surface area contributed by atoms with E-state index in [2.05, 4.69) is 10.3 Å². The summed E-state index contributed by atoms with van der Waals surface area (Å²) in [6.45, 7) is 0. The molecule has 0 unspecified atom stereocenters. The number of benzene rings is 1. The maximum absolute atomic E-state index is 13.1. The lowest BCUT2D eigenvalue weighted by molar-refractivity contribution is 0.628. The fraction of sp³-hybridized carbons (Fsp3) is 0.200. The Bertz CT molecular complexity index is 733. The molecule has 0 atom stereocenters. The maximum atomic E-state index is 13.1. The van der Waals surface area contributed by atoms with Crippen LogP contribution < -0.4 is 11.1 Å². The number of nitrogens with zero attached hydrogens (tertiary/aromatic N) is 1. The number of thiocarbonyl (C=S) groups is 1. The Kier molecular flexibility index (Phi) is 3.78. The van der Waals surface area contributed by atoms with Gasteiger partial charge in [-0.2, -0.15) is 0 Å². The van der Waals surface area contributed by atoms with E-state index in [1.54, 1.807) is 6.07 Å². The van der Waals surface area contributed by atoms with Crippen LogP contribution in [0.25, 0.3) is 0 Å². The summed E-state index contributed by atoms with van der Waals surface area (Å²) in [6, 6.07) is 6.13. The summed E-state index contributed by atoms with van der Waals surface area (Å²) in [7, 11) is 0. The monoisotopic (exact) mass is 321 g/mol. The number of hydrogen-bond donors (Lipinski definition) is 2. The van der Waals surface area contributed by atoms with Crippen molar-refractivity contribution in [3.8, 4) is 0 Å². The number of aryl methyl sites for hydroxylation is 2. The van der Waals surface area contributed by atoms with E-state index < -0.39 is 0 Å². The molecule has 3 rings (SSSR count). The van der Waals surface area contributed by atoms with E-state index in [9.17, 15) is 4.39 Å². The molecule has 0 radical (unpaired) electrons. The van der Waals surface area contributed by atoms with Gasteiger partial charge in [-0.15, -0.1) is 0 Å². The summed E-state index contributed by atoms with van der Waals surface area (Å²) >= 11 is 11.1. The first-order valence-electron chi connectivity index (χ1n) is 6.59. The molecule has 6 heteroatoms. The van der Waals surface area contributed by atoms with Gasteiger partial charge in [-0.3, -0.25) is 0 Å². The number of pyridine rings is 1. The molecule has 0 bridgehead atoms. The van der Waals surface area contributed by atoms with Crippen molar-refractivity contribution >= 4 is 40.3 Å². The van der Waals surface area contributed by atoms with Gasteiger partial charge in [-0.05, 0) is 49.1 Å². The Morgan fingerprint density at radius 2 is 2.14 bits per heavy atom. The Hall–Kier alpha value is -1.72. The third kappa shape index (κ3) is 2.84. The molecule has 0 fully saturated rings. The summed E-state index contributed by atoms with van der Waals surface area (Å²) in [6.07, 6.45) is 3.02. The number of halogens is 2. The van der Waals surface area contributed by atoms with Gasteiger partial charge in [0.05, 0.1) is 16.3 Å². The van der Waals surface area contributed by atoms with Crippen LogP contribution in [0.1, 0.15) is 23.2 Å². The Morgan fingerprint density at radius 3 is 2.86 bits per heavy atom. The lowest BCUT2D eigenvalue weighted by Gasteiger charge is -2.13. The first kappa shape index (κ1) is 14.2. The molecule has 0 aliphatic heterocycles. The van der Waals surface area contributed by atoms with E-state index in [-0.39, 0.29) is 15.8 Å². The molecule has 0 amide bonds. The predicted octanol–water partition coefficient (Wildman–Crippen LogP) is 3.74. The highest BCUT2D eigenvalue weighted by molar-refractivity contribution is 7.80. The van der Waals surface area contributed by atoms with Gasteiger partial charge in [0, 0.05) is 5.69 Å². The quantitative estimate of drug-likeness (QED) is 0.846. The third-order valence-corrected chi connectivity index (χ3v) is 4.03. The van der Waals surface area contributed by atoms with Crippen molar-refractivity contribution in [2.45, 2.75) is 19.3 Å². The Morgan fingerprint density at radius 1 is 1.33 bits per heavy atom. The number of nitrogens with two attached hydrogens (primary N) is 1. The summed E-state index contributed by atoms with van der Waals surface area (Å²) in [5, 5.41) is 3.39. The number of hydrogen-bond acceptors (Lipinski definition) is 3. The molecule has 2 aromatic rings. The lowest BCUT2D eigenvalue weighted by Crippen LogP contribution is -2.14. The molecule has 1 aromatic carbocycles. The second-order valence-corrected chi connectivity index (χ2v) is 5.80. The van der Waals surface area contributed by atoms with Crippen LogP contribution in [-0.2, 0) is 12.8 Å². The fourth-order valence-corrected chi connectivity index (χ4v) is 2.84. The first-order chi connectivity index (χ1) is 10.0. The molecule has 21 heavy (non-hydrogen) atoms. The molecule has 1 aliphatic carbocycles. The molecule has 0 saturated carbocycles. The van der Waals surface area contributed by atoms with E-state index >= 15 is 0 Å². The van der Waals surface area contributed by atoms with Gasteiger partial charge in [0.1, 0.15) is 16.6 Å². The van der Waals surface area contributed by atoms with Gasteiger partial charge in [-0.1, -0.05) is 23.8 Å². The summed E-state index contributed by atoms with van der Waals surface area (Å²) in [5.74, 6) is 0.179. The van der Waals surface area contributed by atoms with Crippen molar-refractivity contribution in [3.05, 3.63) is 51.9 Å². The van der Waals surface area contributed by atoms with E-state index in [4.69, 9.17) is 29.6 Å². The molecule has 3 N–H and O–H groups in total. The van der Waals surface area contributed by atoms with Gasteiger partial charge >= 0.3 is 0 Å². The van der Waals surface area contributed by atoms with Crippen LogP contribution in [0.5, 0.6) is 0 Å². The number of nitrogens with one attached hydrogen (secondary N) is 1. The topological polar surface area (TPSA) is 50.9 Å². The normalized spacial score (nSPS) is 13.0. The largest absolute Gasteiger partial charge is 0.389 e. The average Bonchev–Trinajstić information content (AvgIpc) is 2.88. The first-order valence-corrected chi connectivity index (χ1v) is 7.38. The second kappa shape index (κ2) is 5.58. The van der Waals surface area contributed by atoms with Crippen molar-refractivity contribution < 1.29 is 4.39 Å². The third-order valence-electron chi connectivity index (χ3n) is 3.50. The van der Waals surface area contributed by atoms with Crippen LogP contribution in [0.3, 0.4) is 0 Å². The maximum Gasteiger partial charge on any atom is 0.140 e. The number of fused-ring (bicyclic) bond motifs is 1. The van der Waals surface area contributed by atoms with Gasteiger partial charge in [0.2, 0.25) is 0 Å². The minimum atomic E-state index is -0.387. The number of aromatic nitrogens is 1. The molecule has 108 valence electrons. The van der Waals surface area contributed by atoms with Gasteiger partial charge in [-0.25, -0.2) is 9.37 Å². The van der Waals surface area contributed by atoms with E-state index in [1.165, 1.54) is 17.7 Å². The zero-order valence-corrected chi connectivity index (χ0v) is 12.7. The van der Waals surface area contributed by atoms with Crippen LogP contribution >= 0.6 is 23.8 Å². The van der Waals surface area contributed by atoms with Gasteiger partial charge < -0.3 is 11.1 Å². The van der Waals surface area contributed by atoms with Crippen LogP contribution in [0, 0.1) is 5.82 Å². The molecule has 1 heterocycles. The zero-order valence-electron chi connectivity index (χ0n) is 11.1. The van der Waals surface area contributed by atoms with Crippen molar-refractivity contribution in [1.29, 1.82) is 0 Å². The van der Waals surface area contributed by atoms with Crippen LogP contribution in [-0.4, -0.2) is 9.97 Å². The fourth-order valence-electron chi connectivity index (χ4n) is 2.47. The molecular weight excluding hydrogens is 309 g/mol. The number of anilines is 2. The molecule has 0 spiro atoms. The minimum Gasteiger partial charge on any atom is -0.389 e. The van der Waals surface area contributed by atoms with E-state index in [0.29, 0.717) is 17.1 Å². The zero-order chi connectivity index (χ0) is 15.0. The summed E-state index contributed by atoms with van der Waals surface area (Å²) < 4.78 is 13.1. The van der Waals surface area contributed by atoms with Crippen molar-refractivity contribution in [2.75, 3.05) is 5.32 Å². The van der Waals surface area contributed by atoms with E-state index in [1.807, 2.05) is 6.07 Å². The highest BCUT2D eigenvalue weighted by Gasteiger charge is 2.18. The standard InChI is InChI=1S/C15H13ClFN3S/c16-11-7-9(17)4-5-13(11)20-15-10(14(18)21)6-8-2-1-3-12(8)19-15/h4-7H,1-3H2,(H2,18,21)(H,19,20). The highest BCUT2D eigenvalue weighted by atomic mass is 35.5. The minimum absolute atomic E-state index is 0.276. The summed E-state index contributed by atoms with van der Waals surface area (Å²) in [5.41, 5.74) is 9.28. The molecular formula is C15H13ClFN3S. The second-order valence-electron chi connectivity index (χ2n) is 4.96.